The minimum absolute atomic E-state index is 0.510. The van der Waals surface area contributed by atoms with Crippen LogP contribution < -0.4 is 0 Å². The molecule has 112 valence electrons. The van der Waals surface area contributed by atoms with E-state index in [2.05, 4.69) is 74.3 Å². The van der Waals surface area contributed by atoms with Crippen LogP contribution in [0.3, 0.4) is 0 Å². The maximum atomic E-state index is 4.10. The topological polar surface area (TPSA) is 12.9 Å². The van der Waals surface area contributed by atoms with E-state index in [-0.39, 0.29) is 0 Å². The smallest absolute Gasteiger partial charge is 0.0270 e. The van der Waals surface area contributed by atoms with E-state index < -0.39 is 0 Å². The van der Waals surface area contributed by atoms with Gasteiger partial charge in [0.2, 0.25) is 0 Å². The van der Waals surface area contributed by atoms with Gasteiger partial charge in [0.1, 0.15) is 0 Å². The van der Waals surface area contributed by atoms with Gasteiger partial charge in [-0.25, -0.2) is 0 Å². The molecule has 0 amide bonds. The van der Waals surface area contributed by atoms with Crippen molar-refractivity contribution in [1.29, 1.82) is 0 Å². The zero-order chi connectivity index (χ0) is 15.5. The van der Waals surface area contributed by atoms with Gasteiger partial charge in [0, 0.05) is 12.4 Å². The molecule has 0 radical (unpaired) electrons. The molecule has 0 spiro atoms. The summed E-state index contributed by atoms with van der Waals surface area (Å²) in [4.78, 5) is 4.10. The van der Waals surface area contributed by atoms with Gasteiger partial charge in [0.05, 0.1) is 0 Å². The van der Waals surface area contributed by atoms with Crippen molar-refractivity contribution in [2.45, 2.75) is 39.0 Å². The second kappa shape index (κ2) is 6.31. The van der Waals surface area contributed by atoms with Crippen molar-refractivity contribution in [3.8, 4) is 0 Å². The van der Waals surface area contributed by atoms with Crippen molar-refractivity contribution in [1.82, 2.24) is 4.98 Å². The van der Waals surface area contributed by atoms with Gasteiger partial charge in [-0.15, -0.1) is 0 Å². The van der Waals surface area contributed by atoms with E-state index in [0.29, 0.717) is 11.8 Å². The third-order valence-corrected chi connectivity index (χ3v) is 4.41. The molecule has 0 bridgehead atoms. The quantitative estimate of drug-likeness (QED) is 0.600. The molecule has 1 unspecified atom stereocenters. The van der Waals surface area contributed by atoms with E-state index in [0.717, 1.165) is 6.42 Å². The predicted octanol–water partition coefficient (Wildman–Crippen LogP) is 5.70. The molecule has 0 fully saturated rings. The van der Waals surface area contributed by atoms with Gasteiger partial charge in [-0.05, 0) is 57.9 Å². The fraction of sp³-hybridized carbons (Fsp3) is 0.286. The van der Waals surface area contributed by atoms with Crippen LogP contribution in [0.5, 0.6) is 0 Å². The van der Waals surface area contributed by atoms with Crippen LogP contribution in [0, 0.1) is 0 Å². The summed E-state index contributed by atoms with van der Waals surface area (Å²) in [6.07, 6.45) is 4.81. The molecule has 0 aliphatic rings. The maximum absolute atomic E-state index is 4.10. The average Bonchev–Trinajstić information content (AvgIpc) is 2.55. The van der Waals surface area contributed by atoms with Gasteiger partial charge < -0.3 is 0 Å². The first kappa shape index (κ1) is 14.8. The fourth-order valence-electron chi connectivity index (χ4n) is 2.96. The van der Waals surface area contributed by atoms with Crippen molar-refractivity contribution in [3.05, 3.63) is 77.6 Å². The van der Waals surface area contributed by atoms with Crippen molar-refractivity contribution in [2.24, 2.45) is 0 Å². The van der Waals surface area contributed by atoms with E-state index in [4.69, 9.17) is 0 Å². The summed E-state index contributed by atoms with van der Waals surface area (Å²) < 4.78 is 0. The second-order valence-corrected chi connectivity index (χ2v) is 6.48. The number of aromatic nitrogens is 1. The lowest BCUT2D eigenvalue weighted by molar-refractivity contribution is 0.758. The van der Waals surface area contributed by atoms with E-state index in [9.17, 15) is 0 Å². The Balaban J connectivity index is 1.85. The minimum atomic E-state index is 0.510. The van der Waals surface area contributed by atoms with E-state index in [1.807, 2.05) is 12.4 Å². The van der Waals surface area contributed by atoms with Crippen LogP contribution in [0.15, 0.2) is 60.9 Å². The fourth-order valence-corrected chi connectivity index (χ4v) is 2.96. The highest BCUT2D eigenvalue weighted by atomic mass is 14.6. The Morgan fingerprint density at radius 3 is 2.18 bits per heavy atom. The molecule has 0 aliphatic heterocycles. The Labute approximate surface area is 133 Å². The summed E-state index contributed by atoms with van der Waals surface area (Å²) >= 11 is 0. The number of nitrogens with zero attached hydrogens (tertiary/aromatic N) is 1. The molecule has 1 atom stereocenters. The molecule has 0 N–H and O–H groups in total. The van der Waals surface area contributed by atoms with Gasteiger partial charge in [-0.3, -0.25) is 4.98 Å². The number of hydrogen-bond acceptors (Lipinski definition) is 1. The Kier molecular flexibility index (Phi) is 4.24. The predicted molar refractivity (Wildman–Crippen MR) is 94.4 cm³/mol. The van der Waals surface area contributed by atoms with E-state index in [1.54, 1.807) is 0 Å². The van der Waals surface area contributed by atoms with Gasteiger partial charge in [-0.2, -0.15) is 0 Å². The molecule has 0 saturated heterocycles. The van der Waals surface area contributed by atoms with Crippen LogP contribution in [0.4, 0.5) is 0 Å². The first-order valence-corrected chi connectivity index (χ1v) is 8.06. The lowest BCUT2D eigenvalue weighted by Crippen LogP contribution is -1.98. The number of hydrogen-bond donors (Lipinski definition) is 0. The lowest BCUT2D eigenvalue weighted by Gasteiger charge is -2.13. The highest BCUT2D eigenvalue weighted by Crippen LogP contribution is 2.25. The van der Waals surface area contributed by atoms with Crippen molar-refractivity contribution in [2.75, 3.05) is 0 Å². The molecule has 1 heteroatoms. The SMILES string of the molecule is CC(C)c1ccc2cc(CC(C)c3ccncc3)ccc2c1. The average molecular weight is 289 g/mol. The third-order valence-electron chi connectivity index (χ3n) is 4.41. The van der Waals surface area contributed by atoms with Gasteiger partial charge in [-0.1, -0.05) is 57.2 Å². The van der Waals surface area contributed by atoms with Crippen LogP contribution >= 0.6 is 0 Å². The van der Waals surface area contributed by atoms with Crippen LogP contribution in [-0.4, -0.2) is 4.98 Å². The molecule has 0 aliphatic carbocycles. The first-order chi connectivity index (χ1) is 10.6. The highest BCUT2D eigenvalue weighted by molar-refractivity contribution is 5.84. The molecule has 0 saturated carbocycles. The molecular formula is C21H23N. The van der Waals surface area contributed by atoms with Gasteiger partial charge in [0.15, 0.2) is 0 Å². The summed E-state index contributed by atoms with van der Waals surface area (Å²) in [6.45, 7) is 6.76. The first-order valence-electron chi connectivity index (χ1n) is 8.06. The maximum Gasteiger partial charge on any atom is 0.0270 e. The van der Waals surface area contributed by atoms with Crippen LogP contribution in [0.1, 0.15) is 49.3 Å². The molecule has 1 nitrogen and oxygen atoms in total. The Morgan fingerprint density at radius 1 is 0.773 bits per heavy atom. The zero-order valence-corrected chi connectivity index (χ0v) is 13.6. The van der Waals surface area contributed by atoms with Crippen molar-refractivity contribution < 1.29 is 0 Å². The lowest BCUT2D eigenvalue weighted by atomic mass is 9.92. The molecule has 2 aromatic carbocycles. The normalized spacial score (nSPS) is 12.7. The summed E-state index contributed by atoms with van der Waals surface area (Å²) in [6, 6.07) is 17.9. The molecule has 1 aromatic heterocycles. The minimum Gasteiger partial charge on any atom is -0.265 e. The molecule has 22 heavy (non-hydrogen) atoms. The summed E-state index contributed by atoms with van der Waals surface area (Å²) in [5.74, 6) is 1.09. The Morgan fingerprint density at radius 2 is 1.45 bits per heavy atom. The Bertz CT molecular complexity index is 759. The van der Waals surface area contributed by atoms with Crippen molar-refractivity contribution in [3.63, 3.8) is 0 Å². The van der Waals surface area contributed by atoms with E-state index in [1.165, 1.54) is 27.5 Å². The Hall–Kier alpha value is -2.15. The van der Waals surface area contributed by atoms with Crippen molar-refractivity contribution >= 4 is 10.8 Å². The summed E-state index contributed by atoms with van der Waals surface area (Å²) in [5, 5.41) is 2.68. The molecule has 1 heterocycles. The second-order valence-electron chi connectivity index (χ2n) is 6.48. The van der Waals surface area contributed by atoms with Crippen LogP contribution in [0.2, 0.25) is 0 Å². The van der Waals surface area contributed by atoms with E-state index >= 15 is 0 Å². The molecule has 3 aromatic rings. The van der Waals surface area contributed by atoms with Gasteiger partial charge >= 0.3 is 0 Å². The standard InChI is InChI=1S/C21H23N/c1-15(2)19-6-7-20-13-17(4-5-21(20)14-19)12-16(3)18-8-10-22-11-9-18/h4-11,13-16H,12H2,1-3H3. The number of fused-ring (bicyclic) bond motifs is 1. The molecule has 3 rings (SSSR count). The van der Waals surface area contributed by atoms with Gasteiger partial charge in [0.25, 0.3) is 0 Å². The monoisotopic (exact) mass is 289 g/mol. The number of rotatable bonds is 4. The number of benzene rings is 2. The largest absolute Gasteiger partial charge is 0.265 e. The van der Waals surface area contributed by atoms with Crippen LogP contribution in [-0.2, 0) is 6.42 Å². The summed E-state index contributed by atoms with van der Waals surface area (Å²) in [5.41, 5.74) is 4.16. The highest BCUT2D eigenvalue weighted by Gasteiger charge is 2.07. The summed E-state index contributed by atoms with van der Waals surface area (Å²) in [7, 11) is 0. The molecular weight excluding hydrogens is 266 g/mol. The number of pyridine rings is 1. The zero-order valence-electron chi connectivity index (χ0n) is 13.6. The third kappa shape index (κ3) is 3.19. The van der Waals surface area contributed by atoms with Crippen LogP contribution in [0.25, 0.3) is 10.8 Å².